The average Bonchev–Trinajstić information content (AvgIpc) is 2.84. The van der Waals surface area contributed by atoms with Gasteiger partial charge in [0.05, 0.1) is 0 Å². The quantitative estimate of drug-likeness (QED) is 0.836. The van der Waals surface area contributed by atoms with Crippen LogP contribution in [0.15, 0.2) is 18.2 Å². The maximum Gasteiger partial charge on any atom is 0.169 e. The van der Waals surface area contributed by atoms with Crippen LogP contribution in [0.2, 0.25) is 5.02 Å². The minimum absolute atomic E-state index is 0.00463. The molecule has 0 radical (unpaired) electrons. The molecule has 0 bridgehead atoms. The summed E-state index contributed by atoms with van der Waals surface area (Å²) < 4.78 is 18.6. The average molecular weight is 271 g/mol. The number of halogens is 2. The van der Waals surface area contributed by atoms with Gasteiger partial charge in [0, 0.05) is 18.6 Å². The van der Waals surface area contributed by atoms with Crippen molar-refractivity contribution in [1.82, 2.24) is 0 Å². The number of hydrogen-bond acceptors (Lipinski definition) is 2. The van der Waals surface area contributed by atoms with E-state index in [1.54, 1.807) is 7.11 Å². The van der Waals surface area contributed by atoms with Gasteiger partial charge in [0.15, 0.2) is 5.78 Å². The van der Waals surface area contributed by atoms with Gasteiger partial charge in [-0.1, -0.05) is 11.6 Å². The Morgan fingerprint density at radius 2 is 2.11 bits per heavy atom. The molecule has 98 valence electrons. The predicted molar refractivity (Wildman–Crippen MR) is 68.3 cm³/mol. The second-order valence-electron chi connectivity index (χ2n) is 4.74. The van der Waals surface area contributed by atoms with Gasteiger partial charge < -0.3 is 4.74 Å². The van der Waals surface area contributed by atoms with Gasteiger partial charge in [-0.05, 0) is 49.4 Å². The van der Waals surface area contributed by atoms with Crippen LogP contribution in [0.1, 0.15) is 31.2 Å². The lowest BCUT2D eigenvalue weighted by molar-refractivity contribution is -0.139. The Balaban J connectivity index is 2.18. The van der Waals surface area contributed by atoms with E-state index in [1.165, 1.54) is 18.2 Å². The lowest BCUT2D eigenvalue weighted by atomic mass is 9.91. The zero-order valence-corrected chi connectivity index (χ0v) is 11.1. The minimum atomic E-state index is -0.685. The molecule has 2 rings (SSSR count). The van der Waals surface area contributed by atoms with E-state index < -0.39 is 5.60 Å². The molecule has 0 N–H and O–H groups in total. The molecule has 0 heterocycles. The summed E-state index contributed by atoms with van der Waals surface area (Å²) >= 11 is 5.98. The van der Waals surface area contributed by atoms with Gasteiger partial charge in [-0.3, -0.25) is 4.79 Å². The van der Waals surface area contributed by atoms with E-state index in [4.69, 9.17) is 16.3 Å². The highest BCUT2D eigenvalue weighted by molar-refractivity contribution is 6.31. The van der Waals surface area contributed by atoms with Gasteiger partial charge in [0.1, 0.15) is 11.4 Å². The molecule has 1 aliphatic rings. The molecular weight excluding hydrogens is 255 g/mol. The van der Waals surface area contributed by atoms with Crippen molar-refractivity contribution in [2.75, 3.05) is 7.11 Å². The number of rotatable bonds is 4. The van der Waals surface area contributed by atoms with Crippen molar-refractivity contribution >= 4 is 17.4 Å². The summed E-state index contributed by atoms with van der Waals surface area (Å²) in [6, 6.07) is 4.09. The summed E-state index contributed by atoms with van der Waals surface area (Å²) in [4.78, 5) is 12.3. The van der Waals surface area contributed by atoms with Gasteiger partial charge in [-0.25, -0.2) is 4.39 Å². The molecule has 0 unspecified atom stereocenters. The van der Waals surface area contributed by atoms with Crippen LogP contribution in [0, 0.1) is 5.82 Å². The summed E-state index contributed by atoms with van der Waals surface area (Å²) in [5.74, 6) is -0.380. The van der Waals surface area contributed by atoms with Crippen LogP contribution in [0.3, 0.4) is 0 Å². The first-order chi connectivity index (χ1) is 8.57. The molecule has 0 atom stereocenters. The second kappa shape index (κ2) is 5.37. The molecule has 0 spiro atoms. The fourth-order valence-corrected chi connectivity index (χ4v) is 2.74. The number of methoxy groups -OCH3 is 1. The van der Waals surface area contributed by atoms with Crippen LogP contribution in [0.5, 0.6) is 0 Å². The highest BCUT2D eigenvalue weighted by Crippen LogP contribution is 2.35. The lowest BCUT2D eigenvalue weighted by Crippen LogP contribution is -2.38. The number of ether oxygens (including phenoxy) is 1. The molecular formula is C14H16ClFO2. The van der Waals surface area contributed by atoms with Crippen molar-refractivity contribution in [2.24, 2.45) is 0 Å². The topological polar surface area (TPSA) is 26.3 Å². The largest absolute Gasteiger partial charge is 0.370 e. The summed E-state index contributed by atoms with van der Waals surface area (Å²) in [5.41, 5.74) is -0.152. The molecule has 1 aliphatic carbocycles. The van der Waals surface area contributed by atoms with Crippen LogP contribution in [-0.2, 0) is 16.0 Å². The molecule has 18 heavy (non-hydrogen) atoms. The first-order valence-corrected chi connectivity index (χ1v) is 6.47. The first kappa shape index (κ1) is 13.5. The Hall–Kier alpha value is -0.930. The van der Waals surface area contributed by atoms with Gasteiger partial charge in [0.25, 0.3) is 0 Å². The Labute approximate surface area is 111 Å². The lowest BCUT2D eigenvalue weighted by Gasteiger charge is -2.25. The van der Waals surface area contributed by atoms with Crippen LogP contribution >= 0.6 is 11.6 Å². The van der Waals surface area contributed by atoms with Crippen molar-refractivity contribution in [2.45, 2.75) is 37.7 Å². The zero-order chi connectivity index (χ0) is 13.2. The van der Waals surface area contributed by atoms with Crippen molar-refractivity contribution < 1.29 is 13.9 Å². The fraction of sp³-hybridized carbons (Fsp3) is 0.500. The maximum absolute atomic E-state index is 13.2. The number of carbonyl (C=O) groups is 1. The SMILES string of the molecule is COC1(C(=O)Cc2cc(F)ccc2Cl)CCCC1. The third-order valence-corrected chi connectivity index (χ3v) is 4.04. The Morgan fingerprint density at radius 3 is 2.72 bits per heavy atom. The molecule has 1 saturated carbocycles. The highest BCUT2D eigenvalue weighted by atomic mass is 35.5. The number of hydrogen-bond donors (Lipinski definition) is 0. The van der Waals surface area contributed by atoms with Gasteiger partial charge in [-0.2, -0.15) is 0 Å². The van der Waals surface area contributed by atoms with Crippen molar-refractivity contribution in [3.05, 3.63) is 34.6 Å². The molecule has 1 aromatic rings. The molecule has 2 nitrogen and oxygen atoms in total. The fourth-order valence-electron chi connectivity index (χ4n) is 2.56. The third-order valence-electron chi connectivity index (χ3n) is 3.67. The molecule has 0 aliphatic heterocycles. The predicted octanol–water partition coefficient (Wildman–Crippen LogP) is 3.55. The van der Waals surface area contributed by atoms with Crippen molar-refractivity contribution in [3.63, 3.8) is 0 Å². The number of ketones is 1. The van der Waals surface area contributed by atoms with Gasteiger partial charge >= 0.3 is 0 Å². The smallest absolute Gasteiger partial charge is 0.169 e. The van der Waals surface area contributed by atoms with Crippen LogP contribution in [0.25, 0.3) is 0 Å². The Morgan fingerprint density at radius 1 is 1.44 bits per heavy atom. The summed E-state index contributed by atoms with van der Waals surface area (Å²) in [5, 5.41) is 0.425. The van der Waals surface area contributed by atoms with E-state index in [9.17, 15) is 9.18 Å². The monoisotopic (exact) mass is 270 g/mol. The van der Waals surface area contributed by atoms with Crippen molar-refractivity contribution in [1.29, 1.82) is 0 Å². The standard InChI is InChI=1S/C14H16ClFO2/c1-18-14(6-2-3-7-14)13(17)9-10-8-11(16)4-5-12(10)15/h4-5,8H,2-3,6-7,9H2,1H3. The molecule has 1 fully saturated rings. The third kappa shape index (κ3) is 2.57. The number of carbonyl (C=O) groups excluding carboxylic acids is 1. The van der Waals surface area contributed by atoms with E-state index in [-0.39, 0.29) is 18.0 Å². The molecule has 0 aromatic heterocycles. The minimum Gasteiger partial charge on any atom is -0.370 e. The van der Waals surface area contributed by atoms with Gasteiger partial charge in [0.2, 0.25) is 0 Å². The molecule has 0 amide bonds. The maximum atomic E-state index is 13.2. The summed E-state index contributed by atoms with van der Waals surface area (Å²) in [7, 11) is 1.57. The van der Waals surface area contributed by atoms with E-state index in [1.807, 2.05) is 0 Å². The van der Waals surface area contributed by atoms with E-state index in [2.05, 4.69) is 0 Å². The number of Topliss-reactive ketones (excluding diaryl/α,β-unsaturated/α-hetero) is 1. The van der Waals surface area contributed by atoms with Crippen LogP contribution < -0.4 is 0 Å². The molecule has 0 saturated heterocycles. The Bertz CT molecular complexity index is 453. The van der Waals surface area contributed by atoms with E-state index in [0.717, 1.165) is 25.7 Å². The van der Waals surface area contributed by atoms with E-state index in [0.29, 0.717) is 10.6 Å². The number of benzene rings is 1. The van der Waals surface area contributed by atoms with E-state index >= 15 is 0 Å². The summed E-state index contributed by atoms with van der Waals surface area (Å²) in [6.45, 7) is 0. The second-order valence-corrected chi connectivity index (χ2v) is 5.15. The van der Waals surface area contributed by atoms with Crippen LogP contribution in [0.4, 0.5) is 4.39 Å². The first-order valence-electron chi connectivity index (χ1n) is 6.10. The van der Waals surface area contributed by atoms with Crippen LogP contribution in [-0.4, -0.2) is 18.5 Å². The Kier molecular flexibility index (Phi) is 4.03. The van der Waals surface area contributed by atoms with Crippen molar-refractivity contribution in [3.8, 4) is 0 Å². The highest BCUT2D eigenvalue weighted by Gasteiger charge is 2.40. The summed E-state index contributed by atoms with van der Waals surface area (Å²) in [6.07, 6.45) is 3.61. The molecule has 1 aromatic carbocycles. The van der Waals surface area contributed by atoms with Gasteiger partial charge in [-0.15, -0.1) is 0 Å². The normalized spacial score (nSPS) is 17.9. The molecule has 4 heteroatoms. The zero-order valence-electron chi connectivity index (χ0n) is 10.3.